The van der Waals surface area contributed by atoms with E-state index < -0.39 is 0 Å². The lowest BCUT2D eigenvalue weighted by Crippen LogP contribution is -2.35. The molecular weight excluding hydrogens is 240 g/mol. The van der Waals surface area contributed by atoms with Gasteiger partial charge in [0.2, 0.25) is 5.91 Å². The molecule has 0 aliphatic carbocycles. The van der Waals surface area contributed by atoms with Crippen LogP contribution in [0.1, 0.15) is 0 Å². The van der Waals surface area contributed by atoms with Crippen LogP contribution in [0.5, 0.6) is 5.75 Å². The molecule has 4 heteroatoms. The van der Waals surface area contributed by atoms with E-state index in [2.05, 4.69) is 17.8 Å². The van der Waals surface area contributed by atoms with E-state index in [0.717, 1.165) is 5.69 Å². The van der Waals surface area contributed by atoms with Crippen molar-refractivity contribution < 1.29 is 9.53 Å². The fraction of sp³-hybridized carbons (Fsp3) is 0.267. The van der Waals surface area contributed by atoms with Gasteiger partial charge in [-0.05, 0) is 24.3 Å². The number of nitrogens with zero attached hydrogens (tertiary/aromatic N) is 1. The quantitative estimate of drug-likeness (QED) is 0.594. The number of carbonyl (C=O) groups is 1. The Balaban J connectivity index is 2.52. The Hall–Kier alpha value is -2.41. The summed E-state index contributed by atoms with van der Waals surface area (Å²) >= 11 is 0. The highest BCUT2D eigenvalue weighted by molar-refractivity contribution is 5.81. The molecule has 1 aromatic rings. The Labute approximate surface area is 114 Å². The minimum absolute atomic E-state index is 0.0462. The van der Waals surface area contributed by atoms with Gasteiger partial charge >= 0.3 is 0 Å². The minimum Gasteiger partial charge on any atom is -0.481 e. The maximum Gasteiger partial charge on any atom is 0.239 e. The largest absolute Gasteiger partial charge is 0.481 e. The standard InChI is InChI=1S/C15H18N2O2/c1-4-10-16-15(18)12-17(3)13-6-8-14(9-7-13)19-11-5-2/h2,4,6-9H,1,10-12H2,3H3,(H,16,18). The van der Waals surface area contributed by atoms with Gasteiger partial charge < -0.3 is 15.0 Å². The van der Waals surface area contributed by atoms with Gasteiger partial charge in [0.25, 0.3) is 0 Å². The SMILES string of the molecule is C#CCOc1ccc(N(C)CC(=O)NCC=C)cc1. The Morgan fingerprint density at radius 2 is 2.21 bits per heavy atom. The number of rotatable bonds is 7. The van der Waals surface area contributed by atoms with E-state index in [0.29, 0.717) is 18.8 Å². The van der Waals surface area contributed by atoms with E-state index in [4.69, 9.17) is 11.2 Å². The average Bonchev–Trinajstić information content (AvgIpc) is 2.43. The number of likely N-dealkylation sites (N-methyl/N-ethyl adjacent to an activating group) is 1. The Kier molecular flexibility index (Phi) is 6.04. The highest BCUT2D eigenvalue weighted by Crippen LogP contribution is 2.18. The minimum atomic E-state index is -0.0462. The molecule has 1 aromatic carbocycles. The van der Waals surface area contributed by atoms with Crippen LogP contribution in [0.15, 0.2) is 36.9 Å². The number of hydrogen-bond acceptors (Lipinski definition) is 3. The second kappa shape index (κ2) is 7.83. The highest BCUT2D eigenvalue weighted by Gasteiger charge is 2.06. The third kappa shape index (κ3) is 5.17. The summed E-state index contributed by atoms with van der Waals surface area (Å²) in [6, 6.07) is 7.41. The number of amides is 1. The zero-order valence-corrected chi connectivity index (χ0v) is 11.1. The fourth-order valence-electron chi connectivity index (χ4n) is 1.47. The molecule has 0 aliphatic rings. The lowest BCUT2D eigenvalue weighted by atomic mass is 10.3. The Morgan fingerprint density at radius 1 is 1.53 bits per heavy atom. The van der Waals surface area contributed by atoms with Crippen LogP contribution >= 0.6 is 0 Å². The summed E-state index contributed by atoms with van der Waals surface area (Å²) in [5, 5.41) is 2.73. The van der Waals surface area contributed by atoms with Crippen LogP contribution in [-0.2, 0) is 4.79 Å². The van der Waals surface area contributed by atoms with Gasteiger partial charge in [-0.1, -0.05) is 12.0 Å². The van der Waals surface area contributed by atoms with Gasteiger partial charge in [-0.15, -0.1) is 13.0 Å². The first-order valence-corrected chi connectivity index (χ1v) is 5.92. The molecular formula is C15H18N2O2. The van der Waals surface area contributed by atoms with Crippen LogP contribution in [0, 0.1) is 12.3 Å². The molecule has 19 heavy (non-hydrogen) atoms. The maximum atomic E-state index is 11.5. The lowest BCUT2D eigenvalue weighted by molar-refractivity contribution is -0.119. The number of hydrogen-bond donors (Lipinski definition) is 1. The van der Waals surface area contributed by atoms with Crippen molar-refractivity contribution in [1.29, 1.82) is 0 Å². The zero-order chi connectivity index (χ0) is 14.1. The molecule has 100 valence electrons. The molecule has 0 radical (unpaired) electrons. The normalized spacial score (nSPS) is 9.26. The third-order valence-corrected chi connectivity index (χ3v) is 2.42. The first kappa shape index (κ1) is 14.7. The van der Waals surface area contributed by atoms with Crippen molar-refractivity contribution >= 4 is 11.6 Å². The summed E-state index contributed by atoms with van der Waals surface area (Å²) in [6.07, 6.45) is 6.76. The van der Waals surface area contributed by atoms with Gasteiger partial charge in [-0.25, -0.2) is 0 Å². The summed E-state index contributed by atoms with van der Waals surface area (Å²) < 4.78 is 5.28. The van der Waals surface area contributed by atoms with E-state index in [1.165, 1.54) is 0 Å². The molecule has 0 aliphatic heterocycles. The van der Waals surface area contributed by atoms with E-state index in [1.54, 1.807) is 6.08 Å². The molecule has 0 unspecified atom stereocenters. The van der Waals surface area contributed by atoms with E-state index in [1.807, 2.05) is 36.2 Å². The molecule has 0 saturated carbocycles. The molecule has 0 heterocycles. The number of carbonyl (C=O) groups excluding carboxylic acids is 1. The number of benzene rings is 1. The van der Waals surface area contributed by atoms with Crippen molar-refractivity contribution in [2.24, 2.45) is 0 Å². The van der Waals surface area contributed by atoms with Crippen LogP contribution in [0.3, 0.4) is 0 Å². The zero-order valence-electron chi connectivity index (χ0n) is 11.1. The first-order valence-electron chi connectivity index (χ1n) is 5.92. The molecule has 0 bridgehead atoms. The van der Waals surface area contributed by atoms with E-state index in [9.17, 15) is 4.79 Å². The van der Waals surface area contributed by atoms with Gasteiger partial charge in [0, 0.05) is 19.3 Å². The average molecular weight is 258 g/mol. The van der Waals surface area contributed by atoms with E-state index in [-0.39, 0.29) is 12.5 Å². The van der Waals surface area contributed by atoms with Gasteiger partial charge in [0.1, 0.15) is 12.4 Å². The summed E-state index contributed by atoms with van der Waals surface area (Å²) in [5.74, 6) is 3.07. The van der Waals surface area contributed by atoms with E-state index >= 15 is 0 Å². The van der Waals surface area contributed by atoms with Crippen LogP contribution in [0.25, 0.3) is 0 Å². The number of ether oxygens (including phenoxy) is 1. The number of anilines is 1. The van der Waals surface area contributed by atoms with Gasteiger partial charge in [-0.3, -0.25) is 4.79 Å². The van der Waals surface area contributed by atoms with Gasteiger partial charge in [0.15, 0.2) is 0 Å². The molecule has 0 saturated heterocycles. The van der Waals surface area contributed by atoms with Crippen molar-refractivity contribution in [1.82, 2.24) is 5.32 Å². The highest BCUT2D eigenvalue weighted by atomic mass is 16.5. The first-order chi connectivity index (χ1) is 9.17. The fourth-order valence-corrected chi connectivity index (χ4v) is 1.47. The monoisotopic (exact) mass is 258 g/mol. The lowest BCUT2D eigenvalue weighted by Gasteiger charge is -2.18. The smallest absolute Gasteiger partial charge is 0.239 e. The van der Waals surface area contributed by atoms with Crippen LogP contribution in [-0.4, -0.2) is 32.7 Å². The van der Waals surface area contributed by atoms with Crippen molar-refractivity contribution in [3.8, 4) is 18.1 Å². The van der Waals surface area contributed by atoms with Crippen molar-refractivity contribution in [2.75, 3.05) is 31.6 Å². The molecule has 0 spiro atoms. The number of nitrogens with one attached hydrogen (secondary N) is 1. The predicted octanol–water partition coefficient (Wildman–Crippen LogP) is 1.44. The summed E-state index contributed by atoms with van der Waals surface area (Å²) in [7, 11) is 1.85. The molecule has 0 aromatic heterocycles. The summed E-state index contributed by atoms with van der Waals surface area (Å²) in [5.41, 5.74) is 0.932. The maximum absolute atomic E-state index is 11.5. The molecule has 1 rings (SSSR count). The van der Waals surface area contributed by atoms with Crippen LogP contribution < -0.4 is 15.0 Å². The Bertz CT molecular complexity index is 460. The topological polar surface area (TPSA) is 41.6 Å². The second-order valence-corrected chi connectivity index (χ2v) is 3.94. The molecule has 1 amide bonds. The van der Waals surface area contributed by atoms with Crippen molar-refractivity contribution in [3.63, 3.8) is 0 Å². The molecule has 0 atom stereocenters. The Morgan fingerprint density at radius 3 is 2.79 bits per heavy atom. The van der Waals surface area contributed by atoms with Gasteiger partial charge in [-0.2, -0.15) is 0 Å². The van der Waals surface area contributed by atoms with Crippen LogP contribution in [0.2, 0.25) is 0 Å². The van der Waals surface area contributed by atoms with Crippen molar-refractivity contribution in [2.45, 2.75) is 0 Å². The third-order valence-electron chi connectivity index (χ3n) is 2.42. The predicted molar refractivity (Wildman–Crippen MR) is 77.2 cm³/mol. The number of terminal acetylenes is 1. The molecule has 0 fully saturated rings. The molecule has 1 N–H and O–H groups in total. The van der Waals surface area contributed by atoms with Crippen molar-refractivity contribution in [3.05, 3.63) is 36.9 Å². The van der Waals surface area contributed by atoms with Crippen LogP contribution in [0.4, 0.5) is 5.69 Å². The summed E-state index contributed by atoms with van der Waals surface area (Å²) in [4.78, 5) is 13.4. The van der Waals surface area contributed by atoms with Gasteiger partial charge in [0.05, 0.1) is 6.54 Å². The second-order valence-electron chi connectivity index (χ2n) is 3.94. The molecule has 4 nitrogen and oxygen atoms in total. The summed E-state index contributed by atoms with van der Waals surface area (Å²) in [6.45, 7) is 4.56.